The highest BCUT2D eigenvalue weighted by molar-refractivity contribution is 5.79. The number of benzene rings is 2. The summed E-state index contributed by atoms with van der Waals surface area (Å²) >= 11 is 0. The molecule has 0 amide bonds. The van der Waals surface area contributed by atoms with Crippen LogP contribution in [0.15, 0.2) is 59.6 Å². The Hall–Kier alpha value is -2.37. The fraction of sp³-hybridized carbons (Fsp3) is 0.409. The quantitative estimate of drug-likeness (QED) is 0.470. The standard InChI is InChI=1S/C22H32N4O/c1-4-23-22(24-15-14-21(27)18-10-6-5-7-11-18)25-16-19-12-8-9-13-20(19)17-26(2)3/h5-13,21,27H,4,14-17H2,1-3H3,(H2,23,24,25). The van der Waals surface area contributed by atoms with E-state index in [2.05, 4.69) is 60.8 Å². The third-order valence-electron chi connectivity index (χ3n) is 4.25. The van der Waals surface area contributed by atoms with Crippen LogP contribution in [0.2, 0.25) is 0 Å². The van der Waals surface area contributed by atoms with Crippen molar-refractivity contribution in [1.29, 1.82) is 0 Å². The lowest BCUT2D eigenvalue weighted by Gasteiger charge is -2.16. The summed E-state index contributed by atoms with van der Waals surface area (Å²) in [4.78, 5) is 6.88. The van der Waals surface area contributed by atoms with Crippen LogP contribution in [0.5, 0.6) is 0 Å². The largest absolute Gasteiger partial charge is 0.388 e. The summed E-state index contributed by atoms with van der Waals surface area (Å²) in [6.45, 7) is 5.03. The Balaban J connectivity index is 1.92. The number of nitrogens with one attached hydrogen (secondary N) is 2. The van der Waals surface area contributed by atoms with Crippen LogP contribution >= 0.6 is 0 Å². The minimum atomic E-state index is -0.470. The van der Waals surface area contributed by atoms with Crippen molar-refractivity contribution in [3.63, 3.8) is 0 Å². The molecule has 3 N–H and O–H groups in total. The predicted molar refractivity (Wildman–Crippen MR) is 113 cm³/mol. The van der Waals surface area contributed by atoms with Crippen molar-refractivity contribution in [2.75, 3.05) is 27.2 Å². The number of guanidine groups is 1. The van der Waals surface area contributed by atoms with Gasteiger partial charge in [-0.25, -0.2) is 4.99 Å². The fourth-order valence-corrected chi connectivity index (χ4v) is 2.88. The molecular weight excluding hydrogens is 336 g/mol. The molecule has 2 aromatic carbocycles. The molecule has 0 bridgehead atoms. The van der Waals surface area contributed by atoms with Crippen LogP contribution in [-0.4, -0.2) is 43.2 Å². The van der Waals surface area contributed by atoms with Crippen molar-refractivity contribution in [2.45, 2.75) is 32.5 Å². The number of aliphatic imine (C=N–C) groups is 1. The highest BCUT2D eigenvalue weighted by Gasteiger charge is 2.07. The van der Waals surface area contributed by atoms with Crippen LogP contribution < -0.4 is 10.6 Å². The minimum Gasteiger partial charge on any atom is -0.388 e. The van der Waals surface area contributed by atoms with Crippen LogP contribution in [0.4, 0.5) is 0 Å². The van der Waals surface area contributed by atoms with Crippen LogP contribution in [0.1, 0.15) is 36.1 Å². The third kappa shape index (κ3) is 7.41. The monoisotopic (exact) mass is 368 g/mol. The van der Waals surface area contributed by atoms with E-state index in [4.69, 9.17) is 4.99 Å². The van der Waals surface area contributed by atoms with E-state index in [0.29, 0.717) is 19.5 Å². The van der Waals surface area contributed by atoms with Gasteiger partial charge in [0.1, 0.15) is 0 Å². The molecule has 0 aromatic heterocycles. The molecule has 0 fully saturated rings. The Morgan fingerprint density at radius 1 is 1.00 bits per heavy atom. The lowest BCUT2D eigenvalue weighted by atomic mass is 10.1. The molecule has 0 saturated heterocycles. The summed E-state index contributed by atoms with van der Waals surface area (Å²) in [5.41, 5.74) is 3.47. The van der Waals surface area contributed by atoms with Gasteiger partial charge in [-0.3, -0.25) is 0 Å². The first-order chi connectivity index (χ1) is 13.1. The first-order valence-corrected chi connectivity index (χ1v) is 9.56. The molecule has 1 unspecified atom stereocenters. The second-order valence-electron chi connectivity index (χ2n) is 6.84. The zero-order valence-electron chi connectivity index (χ0n) is 16.7. The molecule has 1 atom stereocenters. The molecule has 0 radical (unpaired) electrons. The van der Waals surface area contributed by atoms with E-state index in [-0.39, 0.29) is 0 Å². The van der Waals surface area contributed by atoms with Crippen molar-refractivity contribution in [3.05, 3.63) is 71.3 Å². The molecule has 0 aliphatic carbocycles. The summed E-state index contributed by atoms with van der Waals surface area (Å²) in [6.07, 6.45) is 0.161. The van der Waals surface area contributed by atoms with Gasteiger partial charge in [0.15, 0.2) is 5.96 Å². The SMILES string of the molecule is CCNC(=NCc1ccccc1CN(C)C)NCCC(O)c1ccccc1. The molecule has 5 heteroatoms. The molecule has 5 nitrogen and oxygen atoms in total. The van der Waals surface area contributed by atoms with E-state index in [9.17, 15) is 5.11 Å². The summed E-state index contributed by atoms with van der Waals surface area (Å²) in [5.74, 6) is 0.775. The molecule has 0 saturated carbocycles. The molecule has 2 rings (SSSR count). The van der Waals surface area contributed by atoms with E-state index < -0.39 is 6.10 Å². The van der Waals surface area contributed by atoms with E-state index in [1.807, 2.05) is 30.3 Å². The number of aliphatic hydroxyl groups is 1. The summed E-state index contributed by atoms with van der Waals surface area (Å²) in [5, 5.41) is 16.9. The molecule has 0 spiro atoms. The molecule has 2 aromatic rings. The van der Waals surface area contributed by atoms with Crippen molar-refractivity contribution in [1.82, 2.24) is 15.5 Å². The van der Waals surface area contributed by atoms with Crippen molar-refractivity contribution in [3.8, 4) is 0 Å². The highest BCUT2D eigenvalue weighted by Crippen LogP contribution is 2.15. The third-order valence-corrected chi connectivity index (χ3v) is 4.25. The second kappa shape index (κ2) is 11.4. The number of hydrogen-bond acceptors (Lipinski definition) is 3. The average molecular weight is 369 g/mol. The Morgan fingerprint density at radius 2 is 1.67 bits per heavy atom. The summed E-state index contributed by atoms with van der Waals surface area (Å²) in [7, 11) is 4.15. The maximum Gasteiger partial charge on any atom is 0.191 e. The van der Waals surface area contributed by atoms with Crippen LogP contribution in [0.25, 0.3) is 0 Å². The Bertz CT molecular complexity index is 700. The Kier molecular flexibility index (Phi) is 8.81. The van der Waals surface area contributed by atoms with Crippen LogP contribution in [-0.2, 0) is 13.1 Å². The molecule has 0 heterocycles. The van der Waals surface area contributed by atoms with Gasteiger partial charge in [-0.1, -0.05) is 54.6 Å². The van der Waals surface area contributed by atoms with Gasteiger partial charge in [0.05, 0.1) is 12.6 Å². The second-order valence-corrected chi connectivity index (χ2v) is 6.84. The van der Waals surface area contributed by atoms with E-state index in [0.717, 1.165) is 24.6 Å². The number of aliphatic hydroxyl groups excluding tert-OH is 1. The van der Waals surface area contributed by atoms with Crippen molar-refractivity contribution < 1.29 is 5.11 Å². The van der Waals surface area contributed by atoms with Gasteiger partial charge in [0.2, 0.25) is 0 Å². The first-order valence-electron chi connectivity index (χ1n) is 9.56. The van der Waals surface area contributed by atoms with Crippen LogP contribution in [0, 0.1) is 0 Å². The minimum absolute atomic E-state index is 0.470. The normalized spacial score (nSPS) is 12.9. The van der Waals surface area contributed by atoms with Crippen molar-refractivity contribution >= 4 is 5.96 Å². The molecule has 0 aliphatic heterocycles. The molecular formula is C22H32N4O. The van der Waals surface area contributed by atoms with Gasteiger partial charge in [-0.05, 0) is 44.1 Å². The van der Waals surface area contributed by atoms with Crippen molar-refractivity contribution in [2.24, 2.45) is 4.99 Å². The lowest BCUT2D eigenvalue weighted by molar-refractivity contribution is 0.168. The van der Waals surface area contributed by atoms with Gasteiger partial charge >= 0.3 is 0 Å². The number of nitrogens with zero attached hydrogens (tertiary/aromatic N) is 2. The summed E-state index contributed by atoms with van der Waals surface area (Å²) < 4.78 is 0. The van der Waals surface area contributed by atoms with Gasteiger partial charge in [0.25, 0.3) is 0 Å². The van der Waals surface area contributed by atoms with Gasteiger partial charge in [-0.15, -0.1) is 0 Å². The fourth-order valence-electron chi connectivity index (χ4n) is 2.88. The van der Waals surface area contributed by atoms with Gasteiger partial charge in [-0.2, -0.15) is 0 Å². The maximum absolute atomic E-state index is 10.3. The maximum atomic E-state index is 10.3. The zero-order chi connectivity index (χ0) is 19.5. The Labute approximate surface area is 163 Å². The smallest absolute Gasteiger partial charge is 0.191 e. The van der Waals surface area contributed by atoms with E-state index in [1.165, 1.54) is 11.1 Å². The molecule has 0 aliphatic rings. The van der Waals surface area contributed by atoms with Gasteiger partial charge < -0.3 is 20.6 Å². The number of rotatable bonds is 9. The summed E-state index contributed by atoms with van der Waals surface area (Å²) in [6, 6.07) is 18.2. The van der Waals surface area contributed by atoms with Gasteiger partial charge in [0, 0.05) is 19.6 Å². The molecule has 27 heavy (non-hydrogen) atoms. The topological polar surface area (TPSA) is 59.9 Å². The van der Waals surface area contributed by atoms with Crippen LogP contribution in [0.3, 0.4) is 0 Å². The highest BCUT2D eigenvalue weighted by atomic mass is 16.3. The molecule has 146 valence electrons. The average Bonchev–Trinajstić information content (AvgIpc) is 2.67. The van der Waals surface area contributed by atoms with E-state index >= 15 is 0 Å². The zero-order valence-corrected chi connectivity index (χ0v) is 16.7. The first kappa shape index (κ1) is 20.9. The van der Waals surface area contributed by atoms with E-state index in [1.54, 1.807) is 0 Å². The number of hydrogen-bond donors (Lipinski definition) is 3. The predicted octanol–water partition coefficient (Wildman–Crippen LogP) is 2.93. The Morgan fingerprint density at radius 3 is 2.33 bits per heavy atom. The lowest BCUT2D eigenvalue weighted by Crippen LogP contribution is -2.38.